The largest absolute Gasteiger partial charge is 0.460 e. The van der Waals surface area contributed by atoms with Gasteiger partial charge in [-0.05, 0) is 24.5 Å². The minimum absolute atomic E-state index is 0.00363. The Labute approximate surface area is 145 Å². The predicted octanol–water partition coefficient (Wildman–Crippen LogP) is 4.13. The van der Waals surface area contributed by atoms with Crippen molar-refractivity contribution in [1.82, 2.24) is 0 Å². The molecule has 3 atom stereocenters. The summed E-state index contributed by atoms with van der Waals surface area (Å²) in [5.41, 5.74) is 2.03. The quantitative estimate of drug-likeness (QED) is 0.784. The van der Waals surface area contributed by atoms with Gasteiger partial charge in [0.25, 0.3) is 0 Å². The summed E-state index contributed by atoms with van der Waals surface area (Å²) in [4.78, 5) is 11.9. The number of esters is 1. The van der Waals surface area contributed by atoms with Gasteiger partial charge in [0.1, 0.15) is 18.2 Å². The highest BCUT2D eigenvalue weighted by Gasteiger charge is 2.40. The number of hydrogen-bond acceptors (Lipinski definition) is 4. The fourth-order valence-corrected chi connectivity index (χ4v) is 3.07. The van der Waals surface area contributed by atoms with E-state index in [1.54, 1.807) is 0 Å². The van der Waals surface area contributed by atoms with Crippen LogP contribution in [0.5, 0.6) is 5.75 Å². The van der Waals surface area contributed by atoms with E-state index in [9.17, 15) is 9.18 Å². The monoisotopic (exact) mass is 342 g/mol. The highest BCUT2D eigenvalue weighted by molar-refractivity contribution is 5.75. The Morgan fingerprint density at radius 3 is 2.76 bits per heavy atom. The Morgan fingerprint density at radius 1 is 1.28 bits per heavy atom. The van der Waals surface area contributed by atoms with Gasteiger partial charge in [0.2, 0.25) is 6.29 Å². The lowest BCUT2D eigenvalue weighted by Gasteiger charge is -2.28. The molecule has 1 saturated carbocycles. The van der Waals surface area contributed by atoms with Crippen molar-refractivity contribution in [3.63, 3.8) is 0 Å². The van der Waals surface area contributed by atoms with Crippen LogP contribution in [0.2, 0.25) is 0 Å². The van der Waals surface area contributed by atoms with Crippen molar-refractivity contribution in [2.75, 3.05) is 0 Å². The topological polar surface area (TPSA) is 44.8 Å². The third-order valence-corrected chi connectivity index (χ3v) is 4.68. The van der Waals surface area contributed by atoms with E-state index < -0.39 is 12.1 Å². The van der Waals surface area contributed by atoms with Crippen molar-refractivity contribution >= 4 is 5.97 Å². The van der Waals surface area contributed by atoms with Gasteiger partial charge >= 0.3 is 5.97 Å². The zero-order chi connectivity index (χ0) is 17.4. The second-order valence-corrected chi connectivity index (χ2v) is 6.65. The van der Waals surface area contributed by atoms with Crippen LogP contribution in [0.15, 0.2) is 42.5 Å². The van der Waals surface area contributed by atoms with E-state index in [0.29, 0.717) is 22.8 Å². The molecular formula is C20H19FO4. The molecule has 1 heterocycles. The molecule has 1 fully saturated rings. The molecule has 0 spiro atoms. The molecule has 0 N–H and O–H groups in total. The lowest BCUT2D eigenvalue weighted by molar-refractivity contribution is -0.147. The fraction of sp³-hybridized carbons (Fsp3) is 0.350. The maximum Gasteiger partial charge on any atom is 0.309 e. The molecule has 25 heavy (non-hydrogen) atoms. The molecule has 1 aliphatic carbocycles. The van der Waals surface area contributed by atoms with Gasteiger partial charge in [0, 0.05) is 16.7 Å². The lowest BCUT2D eigenvalue weighted by atomic mass is 10.1. The third-order valence-electron chi connectivity index (χ3n) is 4.68. The Balaban J connectivity index is 1.54. The van der Waals surface area contributed by atoms with Gasteiger partial charge < -0.3 is 14.2 Å². The van der Waals surface area contributed by atoms with Crippen molar-refractivity contribution in [3.8, 4) is 5.75 Å². The molecule has 130 valence electrons. The van der Waals surface area contributed by atoms with Crippen LogP contribution in [-0.2, 0) is 27.5 Å². The number of ether oxygens (including phenoxy) is 3. The second kappa shape index (κ2) is 6.48. The predicted molar refractivity (Wildman–Crippen MR) is 88.1 cm³/mol. The minimum atomic E-state index is -0.558. The van der Waals surface area contributed by atoms with E-state index in [1.165, 1.54) is 12.1 Å². The van der Waals surface area contributed by atoms with E-state index in [4.69, 9.17) is 14.2 Å². The minimum Gasteiger partial charge on any atom is -0.460 e. The Kier molecular flexibility index (Phi) is 4.17. The van der Waals surface area contributed by atoms with Gasteiger partial charge in [0.15, 0.2) is 0 Å². The molecule has 0 unspecified atom stereocenters. The number of fused-ring (bicyclic) bond motifs is 1. The molecule has 0 amide bonds. The van der Waals surface area contributed by atoms with Crippen LogP contribution in [0, 0.1) is 17.7 Å². The van der Waals surface area contributed by atoms with Gasteiger partial charge in [-0.2, -0.15) is 0 Å². The van der Waals surface area contributed by atoms with E-state index >= 15 is 0 Å². The number of benzene rings is 2. The molecule has 0 saturated heterocycles. The molecule has 0 bridgehead atoms. The average molecular weight is 342 g/mol. The van der Waals surface area contributed by atoms with E-state index in [1.807, 2.05) is 37.3 Å². The molecular weight excluding hydrogens is 323 g/mol. The summed E-state index contributed by atoms with van der Waals surface area (Å²) in [6, 6.07) is 12.3. The van der Waals surface area contributed by atoms with Crippen LogP contribution in [0.3, 0.4) is 0 Å². The zero-order valence-corrected chi connectivity index (χ0v) is 13.9. The Bertz CT molecular complexity index is 790. The van der Waals surface area contributed by atoms with E-state index in [2.05, 4.69) is 0 Å². The van der Waals surface area contributed by atoms with Crippen molar-refractivity contribution in [1.29, 1.82) is 0 Å². The van der Waals surface area contributed by atoms with Gasteiger partial charge in [-0.15, -0.1) is 0 Å². The average Bonchev–Trinajstić information content (AvgIpc) is 3.36. The van der Waals surface area contributed by atoms with Crippen molar-refractivity contribution in [2.45, 2.75) is 32.8 Å². The van der Waals surface area contributed by atoms with Crippen molar-refractivity contribution in [3.05, 3.63) is 65.0 Å². The SMILES string of the molecule is C[C@@H]1C[C@@H]1C(=O)OCc1cc(F)cc2c1O[C@H](c1ccccc1)OC2. The highest BCUT2D eigenvalue weighted by atomic mass is 19.1. The first-order valence-corrected chi connectivity index (χ1v) is 8.43. The summed E-state index contributed by atoms with van der Waals surface area (Å²) >= 11 is 0. The van der Waals surface area contributed by atoms with Crippen molar-refractivity contribution in [2.24, 2.45) is 11.8 Å². The molecule has 4 nitrogen and oxygen atoms in total. The number of carbonyl (C=O) groups is 1. The van der Waals surface area contributed by atoms with Crippen LogP contribution in [0.1, 0.15) is 36.3 Å². The summed E-state index contributed by atoms with van der Waals surface area (Å²) in [5.74, 6) is 0.275. The molecule has 5 heteroatoms. The number of carbonyl (C=O) groups excluding carboxylic acids is 1. The molecule has 0 radical (unpaired) electrons. The number of rotatable bonds is 4. The maximum atomic E-state index is 13.9. The standard InChI is InChI=1S/C20H19FO4/c1-12-7-17(12)19(22)23-10-14-8-16(21)9-15-11-24-20(25-18(14)15)13-5-3-2-4-6-13/h2-6,8-9,12,17,20H,7,10-11H2,1H3/t12-,17+,20-/m1/s1. The summed E-state index contributed by atoms with van der Waals surface area (Å²) in [7, 11) is 0. The molecule has 2 aromatic rings. The van der Waals surface area contributed by atoms with E-state index in [0.717, 1.165) is 12.0 Å². The summed E-state index contributed by atoms with van der Waals surface area (Å²) in [6.45, 7) is 2.26. The Hall–Kier alpha value is -2.40. The second-order valence-electron chi connectivity index (χ2n) is 6.65. The van der Waals surface area contributed by atoms with Gasteiger partial charge in [0.05, 0.1) is 12.5 Å². The van der Waals surface area contributed by atoms with Gasteiger partial charge in [-0.25, -0.2) is 4.39 Å². The summed E-state index contributed by atoms with van der Waals surface area (Å²) < 4.78 is 30.9. The smallest absolute Gasteiger partial charge is 0.309 e. The number of hydrogen-bond donors (Lipinski definition) is 0. The summed E-state index contributed by atoms with van der Waals surface area (Å²) in [5, 5.41) is 0. The zero-order valence-electron chi connectivity index (χ0n) is 13.9. The molecule has 4 rings (SSSR count). The van der Waals surface area contributed by atoms with Gasteiger partial charge in [-0.1, -0.05) is 37.3 Å². The number of halogens is 1. The van der Waals surface area contributed by atoms with Crippen LogP contribution in [0.4, 0.5) is 4.39 Å². The van der Waals surface area contributed by atoms with Crippen molar-refractivity contribution < 1.29 is 23.4 Å². The Morgan fingerprint density at radius 2 is 2.04 bits per heavy atom. The third kappa shape index (κ3) is 3.37. The van der Waals surface area contributed by atoms with E-state index in [-0.39, 0.29) is 25.1 Å². The summed E-state index contributed by atoms with van der Waals surface area (Å²) in [6.07, 6.45) is 0.303. The van der Waals surface area contributed by atoms with Crippen LogP contribution in [0.25, 0.3) is 0 Å². The maximum absolute atomic E-state index is 13.9. The highest BCUT2D eigenvalue weighted by Crippen LogP contribution is 2.40. The first-order chi connectivity index (χ1) is 12.1. The molecule has 2 aliphatic rings. The first-order valence-electron chi connectivity index (χ1n) is 8.43. The van der Waals surface area contributed by atoms with Crippen LogP contribution < -0.4 is 4.74 Å². The lowest BCUT2D eigenvalue weighted by Crippen LogP contribution is -2.20. The van der Waals surface area contributed by atoms with Crippen LogP contribution in [-0.4, -0.2) is 5.97 Å². The molecule has 2 aromatic carbocycles. The first kappa shape index (κ1) is 16.1. The van der Waals surface area contributed by atoms with Crippen LogP contribution >= 0.6 is 0 Å². The molecule has 1 aliphatic heterocycles. The van der Waals surface area contributed by atoms with Gasteiger partial charge in [-0.3, -0.25) is 4.79 Å². The molecule has 0 aromatic heterocycles. The fourth-order valence-electron chi connectivity index (χ4n) is 3.07. The normalized spacial score (nSPS) is 24.2.